The lowest BCUT2D eigenvalue weighted by Gasteiger charge is -2.03. The Morgan fingerprint density at radius 1 is 1.38 bits per heavy atom. The smallest absolute Gasteiger partial charge is 0.169 e. The summed E-state index contributed by atoms with van der Waals surface area (Å²) < 4.78 is 15.6. The van der Waals surface area contributed by atoms with Gasteiger partial charge in [0.15, 0.2) is 5.78 Å². The summed E-state index contributed by atoms with van der Waals surface area (Å²) in [6.45, 7) is 3.21. The van der Waals surface area contributed by atoms with Gasteiger partial charge in [0.25, 0.3) is 0 Å². The normalized spacial score (nSPS) is 10.8. The SMILES string of the molecule is CC(=O)c1ccc(-n2cc(C#N)c3cc(F)c(C)cc32)s1. The molecule has 0 aliphatic heterocycles. The summed E-state index contributed by atoms with van der Waals surface area (Å²) in [5.74, 6) is -0.321. The highest BCUT2D eigenvalue weighted by molar-refractivity contribution is 7.16. The molecule has 3 nitrogen and oxygen atoms in total. The van der Waals surface area contributed by atoms with E-state index >= 15 is 0 Å². The molecule has 0 saturated carbocycles. The second-order valence-electron chi connectivity index (χ2n) is 4.84. The zero-order valence-electron chi connectivity index (χ0n) is 11.5. The molecule has 3 aromatic rings. The zero-order valence-corrected chi connectivity index (χ0v) is 12.3. The van der Waals surface area contributed by atoms with Crippen molar-refractivity contribution in [2.75, 3.05) is 0 Å². The fourth-order valence-electron chi connectivity index (χ4n) is 2.27. The van der Waals surface area contributed by atoms with E-state index in [0.29, 0.717) is 21.4 Å². The molecule has 0 saturated heterocycles. The van der Waals surface area contributed by atoms with E-state index in [1.807, 2.05) is 10.6 Å². The number of rotatable bonds is 2. The molecule has 0 unspecified atom stereocenters. The standard InChI is InChI=1S/C16H11FN2OS/c1-9-5-14-12(6-13(9)17)11(7-18)8-19(14)16-4-3-15(21-16)10(2)20/h3-6,8H,1-2H3. The number of aromatic nitrogens is 1. The van der Waals surface area contributed by atoms with Gasteiger partial charge in [-0.05, 0) is 43.7 Å². The summed E-state index contributed by atoms with van der Waals surface area (Å²) in [6.07, 6.45) is 1.68. The highest BCUT2D eigenvalue weighted by Crippen LogP contribution is 2.30. The van der Waals surface area contributed by atoms with E-state index < -0.39 is 0 Å². The van der Waals surface area contributed by atoms with Gasteiger partial charge in [-0.2, -0.15) is 5.26 Å². The summed E-state index contributed by atoms with van der Waals surface area (Å²) in [6, 6.07) is 8.79. The van der Waals surface area contributed by atoms with Crippen molar-refractivity contribution in [3.05, 3.63) is 52.3 Å². The fraction of sp³-hybridized carbons (Fsp3) is 0.125. The Labute approximate surface area is 124 Å². The number of nitriles is 1. The molecule has 2 heterocycles. The van der Waals surface area contributed by atoms with E-state index in [4.69, 9.17) is 0 Å². The number of carbonyl (C=O) groups excluding carboxylic acids is 1. The molecule has 5 heteroatoms. The number of benzene rings is 1. The lowest BCUT2D eigenvalue weighted by molar-refractivity contribution is 0.102. The number of fused-ring (bicyclic) bond motifs is 1. The van der Waals surface area contributed by atoms with E-state index in [9.17, 15) is 14.4 Å². The maximum absolute atomic E-state index is 13.7. The van der Waals surface area contributed by atoms with Crippen LogP contribution in [0.2, 0.25) is 0 Å². The third kappa shape index (κ3) is 2.14. The van der Waals surface area contributed by atoms with Crippen LogP contribution in [0.1, 0.15) is 27.7 Å². The first-order valence-corrected chi connectivity index (χ1v) is 7.15. The number of hydrogen-bond donors (Lipinski definition) is 0. The minimum absolute atomic E-state index is 0.00504. The number of carbonyl (C=O) groups is 1. The summed E-state index contributed by atoms with van der Waals surface area (Å²) in [5.41, 5.74) is 1.71. The molecule has 3 rings (SSSR count). The van der Waals surface area contributed by atoms with Crippen LogP contribution < -0.4 is 0 Å². The van der Waals surface area contributed by atoms with Gasteiger partial charge in [-0.1, -0.05) is 0 Å². The van der Waals surface area contributed by atoms with Gasteiger partial charge in [0.2, 0.25) is 0 Å². The predicted molar refractivity (Wildman–Crippen MR) is 80.6 cm³/mol. The number of halogens is 1. The third-order valence-corrected chi connectivity index (χ3v) is 4.57. The molecule has 0 aliphatic rings. The summed E-state index contributed by atoms with van der Waals surface area (Å²) in [4.78, 5) is 12.1. The third-order valence-electron chi connectivity index (χ3n) is 3.38. The Morgan fingerprint density at radius 3 is 2.76 bits per heavy atom. The Bertz CT molecular complexity index is 914. The van der Waals surface area contributed by atoms with Gasteiger partial charge < -0.3 is 4.57 Å². The number of Topliss-reactive ketones (excluding diaryl/α,β-unsaturated/α-hetero) is 1. The van der Waals surface area contributed by atoms with Crippen LogP contribution in [0.15, 0.2) is 30.5 Å². The minimum Gasteiger partial charge on any atom is -0.307 e. The van der Waals surface area contributed by atoms with Gasteiger partial charge in [-0.15, -0.1) is 11.3 Å². The molecule has 0 amide bonds. The molecule has 0 spiro atoms. The monoisotopic (exact) mass is 298 g/mol. The van der Waals surface area contributed by atoms with Crippen LogP contribution in [-0.4, -0.2) is 10.4 Å². The lowest BCUT2D eigenvalue weighted by Crippen LogP contribution is -1.90. The number of aryl methyl sites for hydroxylation is 1. The summed E-state index contributed by atoms with van der Waals surface area (Å²) in [5, 5.41) is 10.6. The highest BCUT2D eigenvalue weighted by atomic mass is 32.1. The van der Waals surface area contributed by atoms with Crippen LogP contribution in [-0.2, 0) is 0 Å². The molecule has 0 N–H and O–H groups in total. The van der Waals surface area contributed by atoms with Gasteiger partial charge in [0.1, 0.15) is 16.9 Å². The summed E-state index contributed by atoms with van der Waals surface area (Å²) >= 11 is 1.35. The van der Waals surface area contributed by atoms with E-state index in [0.717, 1.165) is 10.5 Å². The molecule has 0 radical (unpaired) electrons. The van der Waals surface area contributed by atoms with Gasteiger partial charge in [0, 0.05) is 11.6 Å². The maximum Gasteiger partial charge on any atom is 0.169 e. The first-order chi connectivity index (χ1) is 10.0. The molecule has 21 heavy (non-hydrogen) atoms. The van der Waals surface area contributed by atoms with Crippen molar-refractivity contribution in [2.45, 2.75) is 13.8 Å². The van der Waals surface area contributed by atoms with E-state index in [1.54, 1.807) is 25.3 Å². The molecule has 0 aliphatic carbocycles. The quantitative estimate of drug-likeness (QED) is 0.665. The topological polar surface area (TPSA) is 45.8 Å². The van der Waals surface area contributed by atoms with Crippen molar-refractivity contribution in [1.82, 2.24) is 4.57 Å². The highest BCUT2D eigenvalue weighted by Gasteiger charge is 2.14. The molecular formula is C16H11FN2OS. The summed E-state index contributed by atoms with van der Waals surface area (Å²) in [7, 11) is 0. The second kappa shape index (κ2) is 4.83. The van der Waals surface area contributed by atoms with Crippen molar-refractivity contribution >= 4 is 28.0 Å². The van der Waals surface area contributed by atoms with Crippen molar-refractivity contribution in [2.24, 2.45) is 0 Å². The second-order valence-corrected chi connectivity index (χ2v) is 5.90. The lowest BCUT2D eigenvalue weighted by atomic mass is 10.1. The predicted octanol–water partition coefficient (Wildman–Crippen LogP) is 4.21. The van der Waals surface area contributed by atoms with Crippen LogP contribution in [0.4, 0.5) is 4.39 Å². The van der Waals surface area contributed by atoms with Crippen LogP contribution >= 0.6 is 11.3 Å². The minimum atomic E-state index is -0.327. The van der Waals surface area contributed by atoms with Crippen LogP contribution in [0.3, 0.4) is 0 Å². The van der Waals surface area contributed by atoms with Gasteiger partial charge in [0.05, 0.1) is 16.0 Å². The van der Waals surface area contributed by atoms with Crippen LogP contribution in [0, 0.1) is 24.1 Å². The number of hydrogen-bond acceptors (Lipinski definition) is 3. The largest absolute Gasteiger partial charge is 0.307 e. The Kier molecular flexibility index (Phi) is 3.11. The van der Waals surface area contributed by atoms with Crippen molar-refractivity contribution < 1.29 is 9.18 Å². The average molecular weight is 298 g/mol. The molecule has 1 aromatic carbocycles. The van der Waals surface area contributed by atoms with Gasteiger partial charge in [-0.3, -0.25) is 4.79 Å². The van der Waals surface area contributed by atoms with Crippen molar-refractivity contribution in [3.63, 3.8) is 0 Å². The maximum atomic E-state index is 13.7. The Balaban J connectivity index is 2.29. The van der Waals surface area contributed by atoms with E-state index in [2.05, 4.69) is 6.07 Å². The number of nitrogens with zero attached hydrogens (tertiary/aromatic N) is 2. The zero-order chi connectivity index (χ0) is 15.1. The molecule has 0 fully saturated rings. The first-order valence-electron chi connectivity index (χ1n) is 6.33. The van der Waals surface area contributed by atoms with E-state index in [1.165, 1.54) is 24.3 Å². The first kappa shape index (κ1) is 13.5. The Hall–Kier alpha value is -2.45. The molecule has 2 aromatic heterocycles. The number of thiophene rings is 1. The van der Waals surface area contributed by atoms with Crippen molar-refractivity contribution in [3.8, 4) is 11.1 Å². The Morgan fingerprint density at radius 2 is 2.14 bits per heavy atom. The van der Waals surface area contributed by atoms with E-state index in [-0.39, 0.29) is 11.6 Å². The molecule has 0 bridgehead atoms. The van der Waals surface area contributed by atoms with Gasteiger partial charge in [-0.25, -0.2) is 4.39 Å². The molecule has 104 valence electrons. The van der Waals surface area contributed by atoms with Crippen molar-refractivity contribution in [1.29, 1.82) is 5.26 Å². The van der Waals surface area contributed by atoms with Crippen LogP contribution in [0.5, 0.6) is 0 Å². The van der Waals surface area contributed by atoms with Gasteiger partial charge >= 0.3 is 0 Å². The fourth-order valence-corrected chi connectivity index (χ4v) is 3.16. The average Bonchev–Trinajstić information content (AvgIpc) is 3.04. The number of ketones is 1. The molecular weight excluding hydrogens is 287 g/mol. The molecule has 0 atom stereocenters. The van der Waals surface area contributed by atoms with Crippen LogP contribution in [0.25, 0.3) is 15.9 Å².